The predicted molar refractivity (Wildman–Crippen MR) is 68.0 cm³/mol. The standard InChI is InChI=1S/C15H14O2/c1-11(16)9-14(17)10-13-7-4-6-12-5-2-3-8-15(12)13/h2-8H,9-10H2,1H3. The molecule has 0 spiro atoms. The van der Waals surface area contributed by atoms with Crippen LogP contribution in [0.1, 0.15) is 18.9 Å². The average Bonchev–Trinajstić information content (AvgIpc) is 2.28. The third-order valence-corrected chi connectivity index (χ3v) is 2.71. The van der Waals surface area contributed by atoms with E-state index in [4.69, 9.17) is 0 Å². The van der Waals surface area contributed by atoms with Gasteiger partial charge in [-0.15, -0.1) is 0 Å². The fourth-order valence-electron chi connectivity index (χ4n) is 2.00. The highest BCUT2D eigenvalue weighted by Crippen LogP contribution is 2.19. The van der Waals surface area contributed by atoms with Crippen molar-refractivity contribution in [1.82, 2.24) is 0 Å². The van der Waals surface area contributed by atoms with Crippen LogP contribution in [0.15, 0.2) is 42.5 Å². The smallest absolute Gasteiger partial charge is 0.144 e. The third-order valence-electron chi connectivity index (χ3n) is 2.71. The minimum Gasteiger partial charge on any atom is -0.300 e. The van der Waals surface area contributed by atoms with Crippen molar-refractivity contribution in [1.29, 1.82) is 0 Å². The Bertz CT molecular complexity index is 565. The average molecular weight is 226 g/mol. The van der Waals surface area contributed by atoms with Crippen LogP contribution in [0, 0.1) is 0 Å². The van der Waals surface area contributed by atoms with Crippen molar-refractivity contribution in [2.75, 3.05) is 0 Å². The van der Waals surface area contributed by atoms with Gasteiger partial charge in [0.05, 0.1) is 6.42 Å². The van der Waals surface area contributed by atoms with Crippen LogP contribution < -0.4 is 0 Å². The van der Waals surface area contributed by atoms with Crippen LogP contribution in [0.25, 0.3) is 10.8 Å². The molecule has 0 atom stereocenters. The molecule has 0 saturated carbocycles. The lowest BCUT2D eigenvalue weighted by Crippen LogP contribution is -2.07. The van der Waals surface area contributed by atoms with Gasteiger partial charge in [-0.1, -0.05) is 42.5 Å². The van der Waals surface area contributed by atoms with Crippen LogP contribution in [0.2, 0.25) is 0 Å². The molecule has 17 heavy (non-hydrogen) atoms. The zero-order chi connectivity index (χ0) is 12.3. The first-order valence-corrected chi connectivity index (χ1v) is 5.64. The summed E-state index contributed by atoms with van der Waals surface area (Å²) < 4.78 is 0. The highest BCUT2D eigenvalue weighted by atomic mass is 16.1. The predicted octanol–water partition coefficient (Wildman–Crippen LogP) is 2.93. The maximum absolute atomic E-state index is 11.6. The number of carbonyl (C=O) groups is 2. The Morgan fingerprint density at radius 2 is 1.71 bits per heavy atom. The number of fused-ring (bicyclic) bond motifs is 1. The third kappa shape index (κ3) is 2.78. The molecule has 0 bridgehead atoms. The Kier molecular flexibility index (Phi) is 3.33. The molecule has 0 fully saturated rings. The summed E-state index contributed by atoms with van der Waals surface area (Å²) in [4.78, 5) is 22.5. The summed E-state index contributed by atoms with van der Waals surface area (Å²) in [6.45, 7) is 1.45. The number of benzene rings is 2. The summed E-state index contributed by atoms with van der Waals surface area (Å²) in [5, 5.41) is 2.22. The van der Waals surface area contributed by atoms with E-state index in [0.29, 0.717) is 6.42 Å². The number of ketones is 2. The Morgan fingerprint density at radius 1 is 1.00 bits per heavy atom. The van der Waals surface area contributed by atoms with Crippen molar-refractivity contribution < 1.29 is 9.59 Å². The van der Waals surface area contributed by atoms with Crippen LogP contribution in [0.3, 0.4) is 0 Å². The first kappa shape index (κ1) is 11.5. The van der Waals surface area contributed by atoms with Crippen LogP contribution in [-0.4, -0.2) is 11.6 Å². The van der Waals surface area contributed by atoms with E-state index in [1.54, 1.807) is 0 Å². The summed E-state index contributed by atoms with van der Waals surface area (Å²) in [7, 11) is 0. The molecule has 0 unspecified atom stereocenters. The van der Waals surface area contributed by atoms with E-state index >= 15 is 0 Å². The van der Waals surface area contributed by atoms with Gasteiger partial charge in [-0.05, 0) is 23.3 Å². The van der Waals surface area contributed by atoms with E-state index in [1.165, 1.54) is 6.92 Å². The zero-order valence-electron chi connectivity index (χ0n) is 9.77. The fraction of sp³-hybridized carbons (Fsp3) is 0.200. The van der Waals surface area contributed by atoms with Gasteiger partial charge in [-0.3, -0.25) is 9.59 Å². The van der Waals surface area contributed by atoms with E-state index in [0.717, 1.165) is 16.3 Å². The summed E-state index contributed by atoms with van der Waals surface area (Å²) in [6, 6.07) is 13.9. The molecule has 2 nitrogen and oxygen atoms in total. The lowest BCUT2D eigenvalue weighted by atomic mass is 9.99. The Morgan fingerprint density at radius 3 is 2.47 bits per heavy atom. The van der Waals surface area contributed by atoms with Crippen LogP contribution in [0.4, 0.5) is 0 Å². The molecule has 0 aliphatic heterocycles. The van der Waals surface area contributed by atoms with Crippen molar-refractivity contribution in [2.45, 2.75) is 19.8 Å². The van der Waals surface area contributed by atoms with Crippen molar-refractivity contribution >= 4 is 22.3 Å². The summed E-state index contributed by atoms with van der Waals surface area (Å²) >= 11 is 0. The highest BCUT2D eigenvalue weighted by molar-refractivity contribution is 6.00. The molecule has 2 aromatic carbocycles. The van der Waals surface area contributed by atoms with E-state index in [-0.39, 0.29) is 18.0 Å². The van der Waals surface area contributed by atoms with Gasteiger partial charge in [0.1, 0.15) is 11.6 Å². The van der Waals surface area contributed by atoms with E-state index in [9.17, 15) is 9.59 Å². The fourth-order valence-corrected chi connectivity index (χ4v) is 2.00. The summed E-state index contributed by atoms with van der Waals surface area (Å²) in [6.07, 6.45) is 0.365. The number of hydrogen-bond acceptors (Lipinski definition) is 2. The molecule has 0 amide bonds. The molecule has 0 aliphatic rings. The lowest BCUT2D eigenvalue weighted by Gasteiger charge is -2.05. The van der Waals surface area contributed by atoms with Crippen LogP contribution in [-0.2, 0) is 16.0 Å². The quantitative estimate of drug-likeness (QED) is 0.751. The minimum atomic E-state index is -0.0739. The van der Waals surface area contributed by atoms with Crippen molar-refractivity contribution in [3.8, 4) is 0 Å². The van der Waals surface area contributed by atoms with Crippen molar-refractivity contribution in [3.05, 3.63) is 48.0 Å². The van der Waals surface area contributed by atoms with Gasteiger partial charge in [0, 0.05) is 6.42 Å². The van der Waals surface area contributed by atoms with Crippen LogP contribution >= 0.6 is 0 Å². The van der Waals surface area contributed by atoms with Gasteiger partial charge in [0.2, 0.25) is 0 Å². The Labute approximate surface area is 100 Å². The molecule has 2 rings (SSSR count). The Balaban J connectivity index is 2.30. The van der Waals surface area contributed by atoms with Gasteiger partial charge in [-0.25, -0.2) is 0 Å². The largest absolute Gasteiger partial charge is 0.300 e. The normalized spacial score (nSPS) is 10.4. The van der Waals surface area contributed by atoms with Gasteiger partial charge in [-0.2, -0.15) is 0 Å². The number of Topliss-reactive ketones (excluding diaryl/α,β-unsaturated/α-hetero) is 2. The van der Waals surface area contributed by atoms with E-state index in [2.05, 4.69) is 0 Å². The van der Waals surface area contributed by atoms with Crippen molar-refractivity contribution in [3.63, 3.8) is 0 Å². The van der Waals surface area contributed by atoms with E-state index < -0.39 is 0 Å². The van der Waals surface area contributed by atoms with Gasteiger partial charge in [0.25, 0.3) is 0 Å². The maximum atomic E-state index is 11.6. The SMILES string of the molecule is CC(=O)CC(=O)Cc1cccc2ccccc12. The molecule has 0 saturated heterocycles. The van der Waals surface area contributed by atoms with Gasteiger partial charge in [0.15, 0.2) is 0 Å². The minimum absolute atomic E-state index is 0.0196. The summed E-state index contributed by atoms with van der Waals surface area (Å²) in [5.41, 5.74) is 0.995. The molecule has 0 N–H and O–H groups in total. The monoisotopic (exact) mass is 226 g/mol. The molecule has 2 heteroatoms. The molecular formula is C15H14O2. The van der Waals surface area contributed by atoms with Gasteiger partial charge < -0.3 is 0 Å². The van der Waals surface area contributed by atoms with Crippen LogP contribution in [0.5, 0.6) is 0 Å². The first-order chi connectivity index (χ1) is 8.16. The first-order valence-electron chi connectivity index (χ1n) is 5.64. The highest BCUT2D eigenvalue weighted by Gasteiger charge is 2.08. The van der Waals surface area contributed by atoms with Gasteiger partial charge >= 0.3 is 0 Å². The number of rotatable bonds is 4. The topological polar surface area (TPSA) is 34.1 Å². The molecular weight excluding hydrogens is 212 g/mol. The second-order valence-electron chi connectivity index (χ2n) is 4.23. The second-order valence-corrected chi connectivity index (χ2v) is 4.23. The summed E-state index contributed by atoms with van der Waals surface area (Å²) in [5.74, 6) is -0.0934. The molecule has 0 aromatic heterocycles. The molecule has 0 aliphatic carbocycles. The molecule has 0 heterocycles. The second kappa shape index (κ2) is 4.91. The number of hydrogen-bond donors (Lipinski definition) is 0. The van der Waals surface area contributed by atoms with E-state index in [1.807, 2.05) is 42.5 Å². The number of carbonyl (C=O) groups excluding carboxylic acids is 2. The van der Waals surface area contributed by atoms with Crippen molar-refractivity contribution in [2.24, 2.45) is 0 Å². The molecule has 2 aromatic rings. The Hall–Kier alpha value is -1.96. The maximum Gasteiger partial charge on any atom is 0.144 e. The lowest BCUT2D eigenvalue weighted by molar-refractivity contribution is -0.125. The molecule has 86 valence electrons. The molecule has 0 radical (unpaired) electrons. The zero-order valence-corrected chi connectivity index (χ0v) is 9.77.